The molecule has 29 heavy (non-hydrogen) atoms. The van der Waals surface area contributed by atoms with Gasteiger partial charge in [-0.25, -0.2) is 0 Å². The minimum absolute atomic E-state index is 0.0505. The van der Waals surface area contributed by atoms with Crippen LogP contribution in [-0.4, -0.2) is 70.3 Å². The number of aliphatic hydroxyl groups excluding tert-OH is 2. The van der Waals surface area contributed by atoms with E-state index >= 15 is 0 Å². The third-order valence-electron chi connectivity index (χ3n) is 6.76. The van der Waals surface area contributed by atoms with Gasteiger partial charge in [0.15, 0.2) is 22.4 Å². The lowest BCUT2D eigenvalue weighted by Crippen LogP contribution is -2.50. The average molecular weight is 451 g/mol. The lowest BCUT2D eigenvalue weighted by molar-refractivity contribution is -0.162. The van der Waals surface area contributed by atoms with Gasteiger partial charge >= 0.3 is 0 Å². The first kappa shape index (κ1) is 27.2. The highest BCUT2D eigenvalue weighted by molar-refractivity contribution is 6.74. The Kier molecular flexibility index (Phi) is 8.43. The molecular formula is C21H46O6Si2. The van der Waals surface area contributed by atoms with Crippen molar-refractivity contribution in [3.63, 3.8) is 0 Å². The van der Waals surface area contributed by atoms with Gasteiger partial charge in [-0.15, -0.1) is 0 Å². The molecule has 0 aromatic heterocycles. The molecule has 1 saturated heterocycles. The van der Waals surface area contributed by atoms with Crippen molar-refractivity contribution < 1.29 is 28.5 Å². The van der Waals surface area contributed by atoms with Crippen molar-refractivity contribution in [3.05, 3.63) is 0 Å². The molecule has 1 aliphatic rings. The van der Waals surface area contributed by atoms with Crippen molar-refractivity contribution in [1.82, 2.24) is 0 Å². The third kappa shape index (κ3) is 7.10. The Bertz CT molecular complexity index is 490. The van der Waals surface area contributed by atoms with E-state index in [2.05, 4.69) is 67.7 Å². The van der Waals surface area contributed by atoms with E-state index in [1.54, 1.807) is 13.8 Å². The van der Waals surface area contributed by atoms with E-state index in [1.807, 2.05) is 0 Å². The molecule has 0 aliphatic carbocycles. The van der Waals surface area contributed by atoms with Crippen LogP contribution in [0.1, 0.15) is 55.4 Å². The zero-order valence-electron chi connectivity index (χ0n) is 20.8. The van der Waals surface area contributed by atoms with E-state index in [1.165, 1.54) is 0 Å². The topological polar surface area (TPSA) is 77.4 Å². The molecule has 4 atom stereocenters. The summed E-state index contributed by atoms with van der Waals surface area (Å²) in [7, 11) is -4.01. The Morgan fingerprint density at radius 2 is 1.03 bits per heavy atom. The monoisotopic (exact) mass is 450 g/mol. The van der Waals surface area contributed by atoms with E-state index in [0.717, 1.165) is 0 Å². The van der Waals surface area contributed by atoms with E-state index < -0.39 is 46.8 Å². The number of ether oxygens (including phenoxy) is 2. The Balaban J connectivity index is 2.82. The van der Waals surface area contributed by atoms with Crippen molar-refractivity contribution in [2.24, 2.45) is 0 Å². The van der Waals surface area contributed by atoms with Crippen LogP contribution >= 0.6 is 0 Å². The van der Waals surface area contributed by atoms with Crippen molar-refractivity contribution in [2.75, 3.05) is 13.2 Å². The lowest BCUT2D eigenvalue weighted by Gasteiger charge is -2.38. The largest absolute Gasteiger partial charge is 0.414 e. The second-order valence-electron chi connectivity index (χ2n) is 11.8. The SMILES string of the molecule is CC1(C)O[C@@H]([C@@H](O)CO[Si](C)(C)C(C)(C)C)[C@H]([C@@H](O)CO[Si](C)(C)C(C)(C)C)O1. The Hall–Kier alpha value is 0.194. The molecule has 0 spiro atoms. The van der Waals surface area contributed by atoms with Crippen LogP contribution in [0, 0.1) is 0 Å². The highest BCUT2D eigenvalue weighted by Gasteiger charge is 2.49. The van der Waals surface area contributed by atoms with E-state index in [-0.39, 0.29) is 23.3 Å². The molecule has 0 saturated carbocycles. The fourth-order valence-corrected chi connectivity index (χ4v) is 4.66. The molecule has 6 nitrogen and oxygen atoms in total. The summed E-state index contributed by atoms with van der Waals surface area (Å²) in [5.41, 5.74) is 0. The van der Waals surface area contributed by atoms with Crippen LogP contribution in [0.3, 0.4) is 0 Å². The third-order valence-corrected chi connectivity index (χ3v) is 15.8. The van der Waals surface area contributed by atoms with Crippen molar-refractivity contribution in [1.29, 1.82) is 0 Å². The van der Waals surface area contributed by atoms with Crippen LogP contribution in [0.25, 0.3) is 0 Å². The fraction of sp³-hybridized carbons (Fsp3) is 1.00. The zero-order chi connectivity index (χ0) is 23.1. The summed E-state index contributed by atoms with van der Waals surface area (Å²) >= 11 is 0. The zero-order valence-corrected chi connectivity index (χ0v) is 22.8. The average Bonchev–Trinajstić information content (AvgIpc) is 2.84. The molecule has 8 heteroatoms. The summed E-state index contributed by atoms with van der Waals surface area (Å²) in [6.45, 7) is 25.5. The molecule has 1 aliphatic heterocycles. The van der Waals surface area contributed by atoms with Crippen LogP contribution in [0.2, 0.25) is 36.3 Å². The molecule has 2 N–H and O–H groups in total. The van der Waals surface area contributed by atoms with Crippen molar-refractivity contribution in [3.8, 4) is 0 Å². The van der Waals surface area contributed by atoms with Crippen LogP contribution in [0.15, 0.2) is 0 Å². The predicted molar refractivity (Wildman–Crippen MR) is 122 cm³/mol. The summed E-state index contributed by atoms with van der Waals surface area (Å²) in [5, 5.41) is 21.8. The number of hydrogen-bond donors (Lipinski definition) is 2. The van der Waals surface area contributed by atoms with Gasteiger partial charge in [-0.05, 0) is 50.1 Å². The minimum Gasteiger partial charge on any atom is -0.414 e. The number of rotatable bonds is 8. The molecular weight excluding hydrogens is 404 g/mol. The first-order chi connectivity index (χ1) is 12.7. The summed E-state index contributed by atoms with van der Waals surface area (Å²) in [4.78, 5) is 0. The number of aliphatic hydroxyl groups is 2. The number of hydrogen-bond acceptors (Lipinski definition) is 6. The summed E-state index contributed by atoms with van der Waals surface area (Å²) in [5.74, 6) is -0.884. The molecule has 1 rings (SSSR count). The molecule has 0 bridgehead atoms. The Morgan fingerprint density at radius 1 is 0.759 bits per heavy atom. The molecule has 0 unspecified atom stereocenters. The van der Waals surface area contributed by atoms with Gasteiger partial charge in [0.25, 0.3) is 0 Å². The van der Waals surface area contributed by atoms with Crippen LogP contribution in [0.4, 0.5) is 0 Å². The van der Waals surface area contributed by atoms with Gasteiger partial charge in [0.05, 0.1) is 13.2 Å². The van der Waals surface area contributed by atoms with Crippen LogP contribution < -0.4 is 0 Å². The molecule has 174 valence electrons. The molecule has 0 amide bonds. The second kappa shape index (κ2) is 8.98. The highest BCUT2D eigenvalue weighted by Crippen LogP contribution is 2.39. The van der Waals surface area contributed by atoms with Gasteiger partial charge in [0.2, 0.25) is 0 Å². The molecule has 1 heterocycles. The molecule has 0 aromatic carbocycles. The quantitative estimate of drug-likeness (QED) is 0.538. The predicted octanol–water partition coefficient (Wildman–Crippen LogP) is 4.27. The first-order valence-corrected chi connectivity index (χ1v) is 16.5. The minimum atomic E-state index is -2.00. The summed E-state index contributed by atoms with van der Waals surface area (Å²) in [6, 6.07) is 0. The van der Waals surface area contributed by atoms with Crippen LogP contribution in [0.5, 0.6) is 0 Å². The highest BCUT2D eigenvalue weighted by atomic mass is 28.4. The Morgan fingerprint density at radius 3 is 1.28 bits per heavy atom. The maximum absolute atomic E-state index is 10.8. The first-order valence-electron chi connectivity index (χ1n) is 10.7. The summed E-state index contributed by atoms with van der Waals surface area (Å²) < 4.78 is 24.2. The van der Waals surface area contributed by atoms with Crippen molar-refractivity contribution >= 4 is 16.6 Å². The van der Waals surface area contributed by atoms with Crippen LogP contribution in [-0.2, 0) is 18.3 Å². The van der Waals surface area contributed by atoms with Gasteiger partial charge < -0.3 is 28.5 Å². The van der Waals surface area contributed by atoms with Crippen molar-refractivity contribution in [2.45, 2.75) is 122 Å². The van der Waals surface area contributed by atoms with E-state index in [0.29, 0.717) is 0 Å². The maximum atomic E-state index is 10.8. The normalized spacial score (nSPS) is 25.9. The Labute approximate surface area is 180 Å². The second-order valence-corrected chi connectivity index (χ2v) is 21.5. The smallest absolute Gasteiger partial charge is 0.192 e. The lowest BCUT2D eigenvalue weighted by atomic mass is 10.0. The van der Waals surface area contributed by atoms with Gasteiger partial charge in [-0.3, -0.25) is 0 Å². The van der Waals surface area contributed by atoms with E-state index in [9.17, 15) is 10.2 Å². The van der Waals surface area contributed by atoms with Gasteiger partial charge in [-0.2, -0.15) is 0 Å². The van der Waals surface area contributed by atoms with Gasteiger partial charge in [-0.1, -0.05) is 41.5 Å². The molecule has 0 aromatic rings. The maximum Gasteiger partial charge on any atom is 0.192 e. The standard InChI is InChI=1S/C21H46O6Si2/c1-19(2,3)28(9,10)24-13-15(22)17-18(27-21(7,8)26-17)16(23)14-25-29(11,12)20(4,5)6/h15-18,22-23H,13-14H2,1-12H3/t15-,16-,17-,18-/m0/s1. The molecule has 1 fully saturated rings. The van der Waals surface area contributed by atoms with E-state index in [4.69, 9.17) is 18.3 Å². The summed E-state index contributed by atoms with van der Waals surface area (Å²) in [6.07, 6.45) is -3.13. The fourth-order valence-electron chi connectivity index (χ4n) is 2.62. The van der Waals surface area contributed by atoms with Gasteiger partial charge in [0.1, 0.15) is 24.4 Å². The molecule has 0 radical (unpaired) electrons. The van der Waals surface area contributed by atoms with Gasteiger partial charge in [0, 0.05) is 0 Å².